The van der Waals surface area contributed by atoms with Gasteiger partial charge in [-0.15, -0.1) is 0 Å². The number of allylic oxidation sites excluding steroid dienone is 3. The van der Waals surface area contributed by atoms with Crippen LogP contribution in [0.25, 0.3) is 18.2 Å². The van der Waals surface area contributed by atoms with Crippen molar-refractivity contribution in [2.45, 2.75) is 0 Å². The van der Waals surface area contributed by atoms with Crippen LogP contribution in [-0.4, -0.2) is 6.21 Å². The van der Waals surface area contributed by atoms with E-state index < -0.39 is 0 Å². The van der Waals surface area contributed by atoms with Crippen LogP contribution >= 0.6 is 0 Å². The van der Waals surface area contributed by atoms with Crippen molar-refractivity contribution in [2.75, 3.05) is 5.43 Å². The SMILES string of the molecule is C1=CC=c2c(ccc3c2=CC=NN3)C=C1. The number of anilines is 1. The van der Waals surface area contributed by atoms with Gasteiger partial charge in [0.25, 0.3) is 0 Å². The average molecular weight is 194 g/mol. The maximum absolute atomic E-state index is 4.01. The molecule has 15 heavy (non-hydrogen) atoms. The van der Waals surface area contributed by atoms with Gasteiger partial charge < -0.3 is 0 Å². The van der Waals surface area contributed by atoms with Gasteiger partial charge in [-0.3, -0.25) is 5.43 Å². The van der Waals surface area contributed by atoms with E-state index >= 15 is 0 Å². The minimum atomic E-state index is 1.07. The number of hydrogen-bond acceptors (Lipinski definition) is 2. The van der Waals surface area contributed by atoms with Gasteiger partial charge in [0, 0.05) is 11.4 Å². The van der Waals surface area contributed by atoms with Crippen molar-refractivity contribution in [3.63, 3.8) is 0 Å². The fraction of sp³-hybridized carbons (Fsp3) is 0. The van der Waals surface area contributed by atoms with E-state index in [2.05, 4.69) is 47.0 Å². The lowest BCUT2D eigenvalue weighted by Crippen LogP contribution is -2.31. The molecule has 0 saturated carbocycles. The highest BCUT2D eigenvalue weighted by Crippen LogP contribution is 2.04. The van der Waals surface area contributed by atoms with Gasteiger partial charge in [-0.2, -0.15) is 5.10 Å². The maximum atomic E-state index is 4.01. The van der Waals surface area contributed by atoms with Crippen molar-refractivity contribution in [3.05, 3.63) is 46.4 Å². The Bertz CT molecular complexity index is 604. The molecule has 0 amide bonds. The van der Waals surface area contributed by atoms with E-state index in [1.165, 1.54) is 16.0 Å². The third kappa shape index (κ3) is 1.31. The zero-order valence-corrected chi connectivity index (χ0v) is 8.14. The van der Waals surface area contributed by atoms with E-state index in [4.69, 9.17) is 0 Å². The lowest BCUT2D eigenvalue weighted by Gasteiger charge is -2.07. The summed E-state index contributed by atoms with van der Waals surface area (Å²) in [5.41, 5.74) is 5.31. The molecule has 72 valence electrons. The Kier molecular flexibility index (Phi) is 1.78. The molecule has 1 aliphatic carbocycles. The summed E-state index contributed by atoms with van der Waals surface area (Å²) in [7, 11) is 0. The van der Waals surface area contributed by atoms with Crippen molar-refractivity contribution in [1.82, 2.24) is 0 Å². The standard InChI is InChI=1S/C13H10N2/c1-2-4-10-6-7-13-12(8-9-14-15-13)11(10)5-3-1/h1-9,15H. The maximum Gasteiger partial charge on any atom is 0.0641 e. The van der Waals surface area contributed by atoms with Crippen LogP contribution in [0.15, 0.2) is 35.5 Å². The molecule has 3 rings (SSSR count). The molecule has 0 fully saturated rings. The van der Waals surface area contributed by atoms with E-state index in [0.717, 1.165) is 5.69 Å². The number of hydrazone groups is 1. The summed E-state index contributed by atoms with van der Waals surface area (Å²) in [5, 5.41) is 6.46. The molecule has 0 atom stereocenters. The second-order valence-electron chi connectivity index (χ2n) is 3.50. The molecule has 0 aromatic heterocycles. The van der Waals surface area contributed by atoms with E-state index in [9.17, 15) is 0 Å². The molecule has 1 aromatic carbocycles. The van der Waals surface area contributed by atoms with Crippen molar-refractivity contribution in [2.24, 2.45) is 5.10 Å². The van der Waals surface area contributed by atoms with E-state index in [-0.39, 0.29) is 0 Å². The molecule has 1 aromatic rings. The Morgan fingerprint density at radius 2 is 1.93 bits per heavy atom. The van der Waals surface area contributed by atoms with Crippen LogP contribution in [0.3, 0.4) is 0 Å². The Hall–Kier alpha value is -2.09. The van der Waals surface area contributed by atoms with E-state index in [1.807, 2.05) is 12.2 Å². The third-order valence-electron chi connectivity index (χ3n) is 2.58. The lowest BCUT2D eigenvalue weighted by atomic mass is 10.1. The van der Waals surface area contributed by atoms with Gasteiger partial charge in [0.05, 0.1) is 5.69 Å². The summed E-state index contributed by atoms with van der Waals surface area (Å²) in [6.45, 7) is 0. The summed E-state index contributed by atoms with van der Waals surface area (Å²) in [5.74, 6) is 0. The fourth-order valence-corrected chi connectivity index (χ4v) is 1.86. The monoisotopic (exact) mass is 194 g/mol. The van der Waals surface area contributed by atoms with Gasteiger partial charge in [0.2, 0.25) is 0 Å². The number of benzene rings is 1. The van der Waals surface area contributed by atoms with Crippen LogP contribution in [0, 0.1) is 0 Å². The minimum absolute atomic E-state index is 1.07. The van der Waals surface area contributed by atoms with Crippen LogP contribution in [0.5, 0.6) is 0 Å². The second kappa shape index (κ2) is 3.24. The summed E-state index contributed by atoms with van der Waals surface area (Å²) < 4.78 is 0. The van der Waals surface area contributed by atoms with E-state index in [0.29, 0.717) is 0 Å². The number of nitrogens with zero attached hydrogens (tertiary/aromatic N) is 1. The summed E-state index contributed by atoms with van der Waals surface area (Å²) in [6, 6.07) is 4.17. The Morgan fingerprint density at radius 3 is 2.93 bits per heavy atom. The second-order valence-corrected chi connectivity index (χ2v) is 3.50. The Balaban J connectivity index is 2.46. The van der Waals surface area contributed by atoms with Crippen LogP contribution in [-0.2, 0) is 0 Å². The first-order valence-corrected chi connectivity index (χ1v) is 4.93. The van der Waals surface area contributed by atoms with Gasteiger partial charge in [-0.25, -0.2) is 0 Å². The van der Waals surface area contributed by atoms with Gasteiger partial charge in [0.1, 0.15) is 0 Å². The lowest BCUT2D eigenvalue weighted by molar-refractivity contribution is 1.31. The minimum Gasteiger partial charge on any atom is -0.278 e. The topological polar surface area (TPSA) is 24.4 Å². The molecule has 1 aliphatic heterocycles. The molecule has 0 spiro atoms. The average Bonchev–Trinajstić information content (AvgIpc) is 2.54. The largest absolute Gasteiger partial charge is 0.278 e. The first-order chi connectivity index (χ1) is 7.45. The van der Waals surface area contributed by atoms with Crippen LogP contribution < -0.4 is 15.9 Å². The molecule has 0 bridgehead atoms. The fourth-order valence-electron chi connectivity index (χ4n) is 1.86. The predicted molar refractivity (Wildman–Crippen MR) is 64.9 cm³/mol. The highest BCUT2D eigenvalue weighted by atomic mass is 15.3. The zero-order valence-electron chi connectivity index (χ0n) is 8.14. The van der Waals surface area contributed by atoms with Gasteiger partial charge in [-0.05, 0) is 22.9 Å². The molecule has 0 saturated heterocycles. The third-order valence-corrected chi connectivity index (χ3v) is 2.58. The van der Waals surface area contributed by atoms with Gasteiger partial charge >= 0.3 is 0 Å². The Morgan fingerprint density at radius 1 is 0.933 bits per heavy atom. The normalized spacial score (nSPS) is 15.5. The van der Waals surface area contributed by atoms with Crippen molar-refractivity contribution in [3.8, 4) is 0 Å². The molecule has 2 nitrogen and oxygen atoms in total. The quantitative estimate of drug-likeness (QED) is 0.660. The molecular formula is C13H10N2. The van der Waals surface area contributed by atoms with Crippen LogP contribution in [0.4, 0.5) is 5.69 Å². The highest BCUT2D eigenvalue weighted by molar-refractivity contribution is 5.94. The summed E-state index contributed by atoms with van der Waals surface area (Å²) in [4.78, 5) is 0. The molecule has 0 radical (unpaired) electrons. The molecule has 2 heteroatoms. The van der Waals surface area contributed by atoms with Crippen LogP contribution in [0.2, 0.25) is 0 Å². The van der Waals surface area contributed by atoms with E-state index in [1.54, 1.807) is 6.21 Å². The number of nitrogens with one attached hydrogen (secondary N) is 1. The van der Waals surface area contributed by atoms with Gasteiger partial charge in [0.15, 0.2) is 0 Å². The number of fused-ring (bicyclic) bond motifs is 3. The van der Waals surface area contributed by atoms with Gasteiger partial charge in [-0.1, -0.05) is 36.4 Å². The summed E-state index contributed by atoms with van der Waals surface area (Å²) in [6.07, 6.45) is 14.2. The van der Waals surface area contributed by atoms with Crippen molar-refractivity contribution in [1.29, 1.82) is 0 Å². The Labute approximate surface area is 87.6 Å². The number of hydrogen-bond donors (Lipinski definition) is 1. The highest BCUT2D eigenvalue weighted by Gasteiger charge is 2.02. The number of rotatable bonds is 0. The molecule has 1 heterocycles. The zero-order chi connectivity index (χ0) is 10.1. The molecule has 1 N–H and O–H groups in total. The van der Waals surface area contributed by atoms with Crippen molar-refractivity contribution < 1.29 is 0 Å². The predicted octanol–water partition coefficient (Wildman–Crippen LogP) is 1.24. The summed E-state index contributed by atoms with van der Waals surface area (Å²) >= 11 is 0. The first-order valence-electron chi connectivity index (χ1n) is 4.93. The molecule has 2 aliphatic rings. The first kappa shape index (κ1) is 8.24. The molecular weight excluding hydrogens is 184 g/mol. The van der Waals surface area contributed by atoms with Crippen LogP contribution in [0.1, 0.15) is 5.56 Å². The van der Waals surface area contributed by atoms with Crippen molar-refractivity contribution >= 4 is 30.1 Å². The molecule has 0 unspecified atom stereocenters. The smallest absolute Gasteiger partial charge is 0.0641 e.